The van der Waals surface area contributed by atoms with Crippen molar-refractivity contribution in [1.29, 1.82) is 0 Å². The fraction of sp³-hybridized carbons (Fsp3) is 0.188. The van der Waals surface area contributed by atoms with Crippen LogP contribution in [0, 0.1) is 0 Å². The molecule has 0 aromatic heterocycles. The highest BCUT2D eigenvalue weighted by Gasteiger charge is 2.06. The molecule has 0 aliphatic heterocycles. The van der Waals surface area contributed by atoms with Crippen molar-refractivity contribution in [2.45, 2.75) is 13.3 Å². The van der Waals surface area contributed by atoms with Gasteiger partial charge in [0.05, 0.1) is 5.69 Å². The predicted molar refractivity (Wildman–Crippen MR) is 79.2 cm³/mol. The summed E-state index contributed by atoms with van der Waals surface area (Å²) in [6.07, 6.45) is 0.924. The van der Waals surface area contributed by atoms with Gasteiger partial charge in [-0.25, -0.2) is 4.79 Å². The van der Waals surface area contributed by atoms with Crippen molar-refractivity contribution in [1.82, 2.24) is 5.32 Å². The summed E-state index contributed by atoms with van der Waals surface area (Å²) in [7, 11) is 0. The molecule has 0 radical (unpaired) electrons. The molecule has 0 saturated heterocycles. The molecular formula is C16H18N2O. The predicted octanol–water partition coefficient (Wildman–Crippen LogP) is 3.89. The van der Waals surface area contributed by atoms with Crippen molar-refractivity contribution in [3.63, 3.8) is 0 Å². The number of carbonyl (C=O) groups excluding carboxylic acids is 1. The highest BCUT2D eigenvalue weighted by atomic mass is 16.2. The molecule has 0 fully saturated rings. The standard InChI is InChI=1S/C16H18N2O/c1-2-12-17-16(19)18-15-11-7-6-10-14(15)13-8-4-3-5-9-13/h3-11H,2,12H2,1H3,(H2,17,18,19). The van der Waals surface area contributed by atoms with Crippen LogP contribution in [0.15, 0.2) is 54.6 Å². The maximum absolute atomic E-state index is 11.7. The van der Waals surface area contributed by atoms with Gasteiger partial charge in [0.2, 0.25) is 0 Å². The summed E-state index contributed by atoms with van der Waals surface area (Å²) in [6.45, 7) is 2.71. The molecule has 2 amide bonds. The average molecular weight is 254 g/mol. The molecule has 0 unspecified atom stereocenters. The number of hydrogen-bond acceptors (Lipinski definition) is 1. The van der Waals surface area contributed by atoms with Gasteiger partial charge in [-0.1, -0.05) is 55.5 Å². The highest BCUT2D eigenvalue weighted by molar-refractivity contribution is 5.94. The van der Waals surface area contributed by atoms with Crippen LogP contribution in [-0.4, -0.2) is 12.6 Å². The zero-order valence-corrected chi connectivity index (χ0v) is 11.0. The van der Waals surface area contributed by atoms with Crippen LogP contribution in [0.3, 0.4) is 0 Å². The molecule has 2 rings (SSSR count). The van der Waals surface area contributed by atoms with Gasteiger partial charge in [-0.2, -0.15) is 0 Å². The normalized spacial score (nSPS) is 9.95. The van der Waals surface area contributed by atoms with E-state index in [0.29, 0.717) is 6.54 Å². The first kappa shape index (κ1) is 13.1. The third kappa shape index (κ3) is 3.58. The van der Waals surface area contributed by atoms with E-state index in [1.807, 2.05) is 61.5 Å². The minimum atomic E-state index is -0.162. The third-order valence-corrected chi connectivity index (χ3v) is 2.80. The van der Waals surface area contributed by atoms with Crippen LogP contribution in [0.1, 0.15) is 13.3 Å². The van der Waals surface area contributed by atoms with Crippen LogP contribution in [0.4, 0.5) is 10.5 Å². The number of hydrogen-bond donors (Lipinski definition) is 2. The second-order valence-electron chi connectivity index (χ2n) is 4.29. The van der Waals surface area contributed by atoms with Crippen molar-refractivity contribution < 1.29 is 4.79 Å². The molecule has 3 nitrogen and oxygen atoms in total. The van der Waals surface area contributed by atoms with Crippen LogP contribution >= 0.6 is 0 Å². The summed E-state index contributed by atoms with van der Waals surface area (Å²) in [6, 6.07) is 17.7. The van der Waals surface area contributed by atoms with Crippen LogP contribution in [-0.2, 0) is 0 Å². The first-order valence-electron chi connectivity index (χ1n) is 6.50. The van der Waals surface area contributed by atoms with E-state index in [1.54, 1.807) is 0 Å². The Morgan fingerprint density at radius 3 is 2.42 bits per heavy atom. The molecule has 0 bridgehead atoms. The molecule has 3 heteroatoms. The van der Waals surface area contributed by atoms with E-state index in [4.69, 9.17) is 0 Å². The van der Waals surface area contributed by atoms with Gasteiger partial charge in [-0.15, -0.1) is 0 Å². The zero-order valence-electron chi connectivity index (χ0n) is 11.0. The van der Waals surface area contributed by atoms with Crippen molar-refractivity contribution in [3.05, 3.63) is 54.6 Å². The summed E-state index contributed by atoms with van der Waals surface area (Å²) >= 11 is 0. The second kappa shape index (κ2) is 6.59. The molecular weight excluding hydrogens is 236 g/mol. The van der Waals surface area contributed by atoms with E-state index >= 15 is 0 Å². The number of urea groups is 1. The molecule has 2 aromatic rings. The second-order valence-corrected chi connectivity index (χ2v) is 4.29. The lowest BCUT2D eigenvalue weighted by molar-refractivity contribution is 0.252. The largest absolute Gasteiger partial charge is 0.338 e. The summed E-state index contributed by atoms with van der Waals surface area (Å²) in [4.78, 5) is 11.7. The Balaban J connectivity index is 2.20. The Kier molecular flexibility index (Phi) is 4.56. The van der Waals surface area contributed by atoms with E-state index in [9.17, 15) is 4.79 Å². The number of benzene rings is 2. The van der Waals surface area contributed by atoms with Gasteiger partial charge in [0, 0.05) is 12.1 Å². The summed E-state index contributed by atoms with van der Waals surface area (Å²) < 4.78 is 0. The SMILES string of the molecule is CCCNC(=O)Nc1ccccc1-c1ccccc1. The monoisotopic (exact) mass is 254 g/mol. The lowest BCUT2D eigenvalue weighted by Crippen LogP contribution is -2.29. The lowest BCUT2D eigenvalue weighted by Gasteiger charge is -2.11. The maximum atomic E-state index is 11.7. The number of anilines is 1. The maximum Gasteiger partial charge on any atom is 0.319 e. The van der Waals surface area contributed by atoms with Crippen LogP contribution in [0.5, 0.6) is 0 Å². The zero-order chi connectivity index (χ0) is 13.5. The first-order valence-corrected chi connectivity index (χ1v) is 6.50. The van der Waals surface area contributed by atoms with Crippen LogP contribution in [0.25, 0.3) is 11.1 Å². The van der Waals surface area contributed by atoms with Gasteiger partial charge in [-0.05, 0) is 18.1 Å². The number of amides is 2. The van der Waals surface area contributed by atoms with Gasteiger partial charge >= 0.3 is 6.03 Å². The fourth-order valence-electron chi connectivity index (χ4n) is 1.87. The Bertz CT molecular complexity index is 537. The number of para-hydroxylation sites is 1. The fourth-order valence-corrected chi connectivity index (χ4v) is 1.87. The molecule has 0 atom stereocenters. The molecule has 98 valence electrons. The Morgan fingerprint density at radius 1 is 1.00 bits per heavy atom. The minimum absolute atomic E-state index is 0.162. The number of nitrogens with one attached hydrogen (secondary N) is 2. The van der Waals surface area contributed by atoms with E-state index in [0.717, 1.165) is 23.2 Å². The molecule has 0 spiro atoms. The Hall–Kier alpha value is -2.29. The van der Waals surface area contributed by atoms with Gasteiger partial charge in [0.25, 0.3) is 0 Å². The van der Waals surface area contributed by atoms with Crippen molar-refractivity contribution in [2.24, 2.45) is 0 Å². The third-order valence-electron chi connectivity index (χ3n) is 2.80. The molecule has 19 heavy (non-hydrogen) atoms. The van der Waals surface area contributed by atoms with E-state index in [-0.39, 0.29) is 6.03 Å². The quantitative estimate of drug-likeness (QED) is 0.854. The van der Waals surface area contributed by atoms with E-state index in [1.165, 1.54) is 0 Å². The summed E-state index contributed by atoms with van der Waals surface area (Å²) in [5.41, 5.74) is 2.94. The molecule has 0 heterocycles. The number of carbonyl (C=O) groups is 1. The smallest absolute Gasteiger partial charge is 0.319 e. The van der Waals surface area contributed by atoms with Gasteiger partial charge in [0.1, 0.15) is 0 Å². The number of rotatable bonds is 4. The van der Waals surface area contributed by atoms with Crippen molar-refractivity contribution >= 4 is 11.7 Å². The first-order chi connectivity index (χ1) is 9.31. The molecule has 0 aliphatic carbocycles. The highest BCUT2D eigenvalue weighted by Crippen LogP contribution is 2.27. The van der Waals surface area contributed by atoms with Gasteiger partial charge in [-0.3, -0.25) is 0 Å². The molecule has 0 aliphatic rings. The van der Waals surface area contributed by atoms with Crippen molar-refractivity contribution in [3.8, 4) is 11.1 Å². The Morgan fingerprint density at radius 2 is 1.68 bits per heavy atom. The van der Waals surface area contributed by atoms with E-state index < -0.39 is 0 Å². The van der Waals surface area contributed by atoms with Crippen LogP contribution < -0.4 is 10.6 Å². The molecule has 2 aromatic carbocycles. The minimum Gasteiger partial charge on any atom is -0.338 e. The van der Waals surface area contributed by atoms with Crippen molar-refractivity contribution in [2.75, 3.05) is 11.9 Å². The summed E-state index contributed by atoms with van der Waals surface area (Å²) in [5, 5.41) is 5.70. The Labute approximate surface area is 113 Å². The van der Waals surface area contributed by atoms with Gasteiger partial charge in [0.15, 0.2) is 0 Å². The van der Waals surface area contributed by atoms with E-state index in [2.05, 4.69) is 10.6 Å². The van der Waals surface area contributed by atoms with Crippen LogP contribution in [0.2, 0.25) is 0 Å². The topological polar surface area (TPSA) is 41.1 Å². The molecule has 0 saturated carbocycles. The van der Waals surface area contributed by atoms with Gasteiger partial charge < -0.3 is 10.6 Å². The lowest BCUT2D eigenvalue weighted by atomic mass is 10.0. The summed E-state index contributed by atoms with van der Waals surface area (Å²) in [5.74, 6) is 0. The molecule has 2 N–H and O–H groups in total. The average Bonchev–Trinajstić information content (AvgIpc) is 2.46.